The van der Waals surface area contributed by atoms with Gasteiger partial charge in [0.05, 0.1) is 17.5 Å². The highest BCUT2D eigenvalue weighted by molar-refractivity contribution is 7.18. The molecular formula is C35H34F3N7O2S. The summed E-state index contributed by atoms with van der Waals surface area (Å²) >= 11 is 1.05. The van der Waals surface area contributed by atoms with Gasteiger partial charge in [-0.15, -0.1) is 11.3 Å². The van der Waals surface area contributed by atoms with Crippen LogP contribution in [0.5, 0.6) is 5.75 Å². The Morgan fingerprint density at radius 2 is 1.96 bits per heavy atom. The van der Waals surface area contributed by atoms with Gasteiger partial charge in [0.25, 0.3) is 0 Å². The van der Waals surface area contributed by atoms with Gasteiger partial charge in [0.15, 0.2) is 0 Å². The van der Waals surface area contributed by atoms with E-state index in [-0.39, 0.29) is 16.7 Å². The van der Waals surface area contributed by atoms with E-state index in [0.29, 0.717) is 40.4 Å². The number of aromatic hydroxyl groups is 1. The molecule has 9 nitrogen and oxygen atoms in total. The van der Waals surface area contributed by atoms with Gasteiger partial charge in [-0.3, -0.25) is 9.69 Å². The molecule has 6 rings (SSSR count). The quantitative estimate of drug-likeness (QED) is 0.107. The summed E-state index contributed by atoms with van der Waals surface area (Å²) in [6.45, 7) is 8.50. The number of aromatic nitrogens is 3. The highest BCUT2D eigenvalue weighted by Gasteiger charge is 2.29. The van der Waals surface area contributed by atoms with Gasteiger partial charge in [-0.05, 0) is 79.3 Å². The van der Waals surface area contributed by atoms with Crippen LogP contribution in [0.2, 0.25) is 0 Å². The van der Waals surface area contributed by atoms with Gasteiger partial charge in [0.2, 0.25) is 5.91 Å². The van der Waals surface area contributed by atoms with Crippen LogP contribution in [0.4, 0.5) is 24.7 Å². The van der Waals surface area contributed by atoms with Gasteiger partial charge in [0, 0.05) is 48.0 Å². The molecule has 0 spiro atoms. The number of piperidine rings is 1. The average Bonchev–Trinajstić information content (AvgIpc) is 3.63. The molecule has 0 unspecified atom stereocenters. The molecule has 1 fully saturated rings. The van der Waals surface area contributed by atoms with E-state index >= 15 is 0 Å². The largest absolute Gasteiger partial charge is 0.506 e. The Labute approximate surface area is 279 Å². The molecule has 13 heteroatoms. The molecule has 3 aromatic heterocycles. The van der Waals surface area contributed by atoms with Crippen LogP contribution in [0.1, 0.15) is 40.1 Å². The third-order valence-corrected chi connectivity index (χ3v) is 9.83. The minimum Gasteiger partial charge on any atom is -0.506 e. The molecule has 1 saturated heterocycles. The van der Waals surface area contributed by atoms with Crippen molar-refractivity contribution in [3.63, 3.8) is 0 Å². The topological polar surface area (TPSA) is 119 Å². The lowest BCUT2D eigenvalue weighted by atomic mass is 10.0. The Morgan fingerprint density at radius 1 is 1.17 bits per heavy atom. The van der Waals surface area contributed by atoms with Crippen molar-refractivity contribution in [2.24, 2.45) is 0 Å². The predicted octanol–water partition coefficient (Wildman–Crippen LogP) is 7.08. The van der Waals surface area contributed by atoms with Crippen molar-refractivity contribution in [2.45, 2.75) is 57.9 Å². The van der Waals surface area contributed by atoms with Gasteiger partial charge in [-0.2, -0.15) is 18.4 Å². The molecule has 0 bridgehead atoms. The molecule has 1 amide bonds. The van der Waals surface area contributed by atoms with Crippen LogP contribution >= 0.6 is 11.3 Å². The zero-order valence-corrected chi connectivity index (χ0v) is 27.1. The zero-order valence-electron chi connectivity index (χ0n) is 26.3. The number of fused-ring (bicyclic) bond motifs is 2. The third kappa shape index (κ3) is 7.30. The number of rotatable bonds is 10. The molecular weight excluding hydrogens is 639 g/mol. The number of nitriles is 1. The second-order valence-electron chi connectivity index (χ2n) is 12.0. The number of nitrogens with one attached hydrogen (secondary N) is 2. The Hall–Kier alpha value is -4.93. The summed E-state index contributed by atoms with van der Waals surface area (Å²) in [5.74, 6) is 0.137. The molecule has 2 aromatic carbocycles. The van der Waals surface area contributed by atoms with Crippen molar-refractivity contribution in [1.82, 2.24) is 19.4 Å². The second kappa shape index (κ2) is 13.7. The Morgan fingerprint density at radius 3 is 2.67 bits per heavy atom. The molecule has 0 saturated carbocycles. The number of phenols is 1. The molecule has 1 aliphatic heterocycles. The fourth-order valence-corrected chi connectivity index (χ4v) is 7.29. The Balaban J connectivity index is 1.09. The van der Waals surface area contributed by atoms with E-state index in [2.05, 4.69) is 57.2 Å². The first-order chi connectivity index (χ1) is 23.0. The maximum atomic E-state index is 12.9. The SMILES string of the molecule is C=CC(=O)Nc1ccc(CCn2c(C#N)cc3c(C)c(CN4CCC(Nc5ncnc6sc(CC(F)(F)F)cc56)CC4)ccc32)cc1O. The van der Waals surface area contributed by atoms with Crippen molar-refractivity contribution in [3.05, 3.63) is 88.7 Å². The van der Waals surface area contributed by atoms with Crippen molar-refractivity contribution < 1.29 is 23.1 Å². The predicted molar refractivity (Wildman–Crippen MR) is 181 cm³/mol. The van der Waals surface area contributed by atoms with Crippen LogP contribution in [-0.2, 0) is 30.7 Å². The highest BCUT2D eigenvalue weighted by Crippen LogP contribution is 2.34. The van der Waals surface area contributed by atoms with Gasteiger partial charge in [0.1, 0.15) is 34.5 Å². The number of anilines is 2. The number of hydrogen-bond donors (Lipinski definition) is 3. The van der Waals surface area contributed by atoms with Crippen LogP contribution in [0.25, 0.3) is 21.1 Å². The third-order valence-electron chi connectivity index (χ3n) is 8.79. The van der Waals surface area contributed by atoms with Crippen LogP contribution in [0, 0.1) is 18.3 Å². The van der Waals surface area contributed by atoms with Crippen LogP contribution in [0.3, 0.4) is 0 Å². The first-order valence-electron chi connectivity index (χ1n) is 15.6. The molecule has 0 aliphatic carbocycles. The molecule has 0 atom stereocenters. The van der Waals surface area contributed by atoms with E-state index in [1.807, 2.05) is 16.7 Å². The summed E-state index contributed by atoms with van der Waals surface area (Å²) in [6, 6.07) is 15.2. The average molecular weight is 674 g/mol. The van der Waals surface area contributed by atoms with Crippen LogP contribution in [-0.4, -0.2) is 55.8 Å². The maximum absolute atomic E-state index is 12.9. The standard InChI is InChI=1S/C35H34F3N7O2S/c1-3-32(47)43-29-6-4-22(14-31(29)46)8-13-45-25(18-39)15-27-21(2)23(5-7-30(27)45)19-44-11-9-24(10-12-44)42-33-28-16-26(17-35(36,37)38)48-34(28)41-20-40-33/h3-7,14-16,20,24,46H,1,8-13,17,19H2,2H3,(H,43,47)(H,40,41,42). The van der Waals surface area contributed by atoms with E-state index in [1.54, 1.807) is 18.2 Å². The van der Waals surface area contributed by atoms with Gasteiger partial charge < -0.3 is 20.3 Å². The van der Waals surface area contributed by atoms with Crippen molar-refractivity contribution in [2.75, 3.05) is 23.7 Å². The zero-order chi connectivity index (χ0) is 34.0. The number of carbonyl (C=O) groups is 1. The van der Waals surface area contributed by atoms with E-state index in [9.17, 15) is 28.3 Å². The number of amides is 1. The number of thiophene rings is 1. The van der Waals surface area contributed by atoms with Gasteiger partial charge in [-0.25, -0.2) is 9.97 Å². The number of phenolic OH excluding ortho intramolecular Hbond substituents is 1. The number of alkyl halides is 3. The molecule has 1 aliphatic rings. The van der Waals surface area contributed by atoms with Gasteiger partial charge >= 0.3 is 6.18 Å². The molecule has 4 heterocycles. The number of halogens is 3. The number of nitrogens with zero attached hydrogens (tertiary/aromatic N) is 5. The summed E-state index contributed by atoms with van der Waals surface area (Å²) in [5.41, 5.74) is 5.02. The smallest absolute Gasteiger partial charge is 0.393 e. The summed E-state index contributed by atoms with van der Waals surface area (Å²) < 4.78 is 40.8. The Bertz CT molecular complexity index is 2040. The number of carbonyl (C=O) groups excluding carboxylic acids is 1. The maximum Gasteiger partial charge on any atom is 0.393 e. The van der Waals surface area contributed by atoms with E-state index in [0.717, 1.165) is 71.9 Å². The molecule has 48 heavy (non-hydrogen) atoms. The van der Waals surface area contributed by atoms with E-state index < -0.39 is 18.5 Å². The van der Waals surface area contributed by atoms with E-state index in [1.165, 1.54) is 11.9 Å². The molecule has 5 aromatic rings. The monoisotopic (exact) mass is 673 g/mol. The number of hydrogen-bond acceptors (Lipinski definition) is 8. The van der Waals surface area contributed by atoms with Crippen LogP contribution in [0.15, 0.2) is 61.4 Å². The van der Waals surface area contributed by atoms with Crippen molar-refractivity contribution >= 4 is 49.9 Å². The van der Waals surface area contributed by atoms with Crippen molar-refractivity contribution in [1.29, 1.82) is 5.26 Å². The Kier molecular flexibility index (Phi) is 9.39. The lowest BCUT2D eigenvalue weighted by Crippen LogP contribution is -2.39. The first-order valence-corrected chi connectivity index (χ1v) is 16.4. The second-order valence-corrected chi connectivity index (χ2v) is 13.1. The fraction of sp³-hybridized carbons (Fsp3) is 0.314. The molecule has 3 N–H and O–H groups in total. The summed E-state index contributed by atoms with van der Waals surface area (Å²) in [4.78, 5) is 23.3. The summed E-state index contributed by atoms with van der Waals surface area (Å²) in [7, 11) is 0. The number of benzene rings is 2. The number of likely N-dealkylation sites (tertiary alicyclic amines) is 1. The molecule has 248 valence electrons. The lowest BCUT2D eigenvalue weighted by molar-refractivity contribution is -0.126. The number of aryl methyl sites for hydroxylation is 3. The molecule has 0 radical (unpaired) electrons. The van der Waals surface area contributed by atoms with Gasteiger partial charge in [-0.1, -0.05) is 18.7 Å². The normalized spacial score (nSPS) is 14.3. The summed E-state index contributed by atoms with van der Waals surface area (Å²) in [6.07, 6.45) is -0.416. The van der Waals surface area contributed by atoms with Crippen molar-refractivity contribution in [3.8, 4) is 11.8 Å². The first kappa shape index (κ1) is 33.0. The van der Waals surface area contributed by atoms with Crippen LogP contribution < -0.4 is 10.6 Å². The minimum atomic E-state index is -4.27. The van der Waals surface area contributed by atoms with E-state index in [4.69, 9.17) is 0 Å². The minimum absolute atomic E-state index is 0.0342. The summed E-state index contributed by atoms with van der Waals surface area (Å²) in [5, 5.41) is 28.0. The lowest BCUT2D eigenvalue weighted by Gasteiger charge is -2.33. The highest BCUT2D eigenvalue weighted by atomic mass is 32.1. The fourth-order valence-electron chi connectivity index (χ4n) is 6.26.